The van der Waals surface area contributed by atoms with E-state index in [1.165, 1.54) is 11.8 Å². The first-order valence-corrected chi connectivity index (χ1v) is 6.71. The van der Waals surface area contributed by atoms with Crippen molar-refractivity contribution in [3.8, 4) is 0 Å². The summed E-state index contributed by atoms with van der Waals surface area (Å²) < 4.78 is 0. The molecule has 0 radical (unpaired) electrons. The van der Waals surface area contributed by atoms with Gasteiger partial charge in [-0.1, -0.05) is 18.2 Å². The zero-order valence-corrected chi connectivity index (χ0v) is 11.7. The molecular formula is C14H19NOS. The van der Waals surface area contributed by atoms with E-state index in [1.807, 2.05) is 37.3 Å². The lowest BCUT2D eigenvalue weighted by atomic mass is 10.1. The smallest absolute Gasteiger partial charge is 0.214 e. The predicted octanol–water partition coefficient (Wildman–Crippen LogP) is 3.18. The normalized spacial score (nSPS) is 27.9. The summed E-state index contributed by atoms with van der Waals surface area (Å²) in [6, 6.07) is 9.86. The third-order valence-electron chi connectivity index (χ3n) is 3.16. The monoisotopic (exact) mass is 249 g/mol. The van der Waals surface area contributed by atoms with Crippen molar-refractivity contribution in [2.24, 2.45) is 0 Å². The van der Waals surface area contributed by atoms with Crippen LogP contribution in [0.5, 0.6) is 0 Å². The summed E-state index contributed by atoms with van der Waals surface area (Å²) in [4.78, 5) is 15.6. The molecule has 1 aromatic carbocycles. The van der Waals surface area contributed by atoms with Gasteiger partial charge in [0.1, 0.15) is 5.54 Å². The molecule has 2 atom stereocenters. The van der Waals surface area contributed by atoms with Gasteiger partial charge in [0.2, 0.25) is 5.12 Å². The van der Waals surface area contributed by atoms with Gasteiger partial charge >= 0.3 is 0 Å². The van der Waals surface area contributed by atoms with E-state index in [0.29, 0.717) is 0 Å². The highest BCUT2D eigenvalue weighted by molar-refractivity contribution is 8.13. The summed E-state index contributed by atoms with van der Waals surface area (Å²) >= 11 is 1.35. The molecule has 0 aliphatic carbocycles. The molecule has 3 heteroatoms. The molecule has 1 aliphatic rings. The summed E-state index contributed by atoms with van der Waals surface area (Å²) in [6.45, 7) is 9.36. The van der Waals surface area contributed by atoms with Crippen LogP contribution in [-0.4, -0.2) is 27.6 Å². The second-order valence-electron chi connectivity index (χ2n) is 5.73. The fraction of sp³-hybridized carbons (Fsp3) is 0.500. The van der Waals surface area contributed by atoms with Gasteiger partial charge in [-0.3, -0.25) is 9.69 Å². The van der Waals surface area contributed by atoms with Gasteiger partial charge in [-0.2, -0.15) is 0 Å². The molecule has 1 saturated heterocycles. The lowest BCUT2D eigenvalue weighted by molar-refractivity contribution is -0.114. The van der Waals surface area contributed by atoms with Crippen LogP contribution in [-0.2, 0) is 4.79 Å². The number of benzene rings is 1. The molecule has 2 rings (SSSR count). The second kappa shape index (κ2) is 4.14. The van der Waals surface area contributed by atoms with Crippen LogP contribution in [0.25, 0.3) is 0 Å². The molecule has 1 heterocycles. The highest BCUT2D eigenvalue weighted by Gasteiger charge is 2.58. The number of hydrogen-bond acceptors (Lipinski definition) is 3. The number of rotatable bonds is 2. The van der Waals surface area contributed by atoms with Crippen molar-refractivity contribution in [2.45, 2.75) is 43.7 Å². The Kier molecular flexibility index (Phi) is 3.08. The van der Waals surface area contributed by atoms with Crippen LogP contribution < -0.4 is 0 Å². The summed E-state index contributed by atoms with van der Waals surface area (Å²) in [5, 5.41) is 0.249. The first kappa shape index (κ1) is 12.7. The van der Waals surface area contributed by atoms with Gasteiger partial charge in [0.15, 0.2) is 0 Å². The van der Waals surface area contributed by atoms with E-state index in [-0.39, 0.29) is 16.2 Å². The average Bonchev–Trinajstić information content (AvgIpc) is 2.94. The lowest BCUT2D eigenvalue weighted by Crippen LogP contribution is -2.34. The Balaban J connectivity index is 2.04. The second-order valence-corrected chi connectivity index (χ2v) is 6.78. The van der Waals surface area contributed by atoms with Gasteiger partial charge in [-0.05, 0) is 51.6 Å². The van der Waals surface area contributed by atoms with Crippen LogP contribution >= 0.6 is 11.8 Å². The number of carbonyl (C=O) groups is 1. The van der Waals surface area contributed by atoms with Gasteiger partial charge in [-0.15, -0.1) is 0 Å². The Labute approximate surface area is 107 Å². The summed E-state index contributed by atoms with van der Waals surface area (Å²) in [5.74, 6) is 0. The van der Waals surface area contributed by atoms with Crippen LogP contribution in [0.2, 0.25) is 0 Å². The maximum absolute atomic E-state index is 12.3. The first-order chi connectivity index (χ1) is 7.84. The van der Waals surface area contributed by atoms with Crippen molar-refractivity contribution in [3.63, 3.8) is 0 Å². The SMILES string of the molecule is CC(C)(C)N1CC1(C)C(=O)Sc1ccccc1. The highest BCUT2D eigenvalue weighted by atomic mass is 32.2. The van der Waals surface area contributed by atoms with Crippen molar-refractivity contribution < 1.29 is 4.79 Å². The van der Waals surface area contributed by atoms with Gasteiger partial charge in [-0.25, -0.2) is 0 Å². The molecule has 0 spiro atoms. The molecule has 0 saturated carbocycles. The molecule has 1 aliphatic heterocycles. The van der Waals surface area contributed by atoms with Crippen molar-refractivity contribution in [3.05, 3.63) is 30.3 Å². The Morgan fingerprint density at radius 2 is 1.88 bits per heavy atom. The highest BCUT2D eigenvalue weighted by Crippen LogP contribution is 2.43. The molecule has 0 bridgehead atoms. The van der Waals surface area contributed by atoms with Crippen molar-refractivity contribution >= 4 is 16.9 Å². The van der Waals surface area contributed by atoms with Gasteiger partial charge in [0, 0.05) is 17.0 Å². The number of hydrogen-bond donors (Lipinski definition) is 0. The number of nitrogens with zero attached hydrogens (tertiary/aromatic N) is 1. The molecule has 1 aromatic rings. The lowest BCUT2D eigenvalue weighted by Gasteiger charge is -2.24. The number of thioether (sulfide) groups is 1. The van der Waals surface area contributed by atoms with E-state index in [0.717, 1.165) is 11.4 Å². The maximum Gasteiger partial charge on any atom is 0.214 e. The molecule has 0 N–H and O–H groups in total. The van der Waals surface area contributed by atoms with E-state index in [2.05, 4.69) is 25.7 Å². The zero-order valence-electron chi connectivity index (χ0n) is 10.9. The average molecular weight is 249 g/mol. The molecule has 17 heavy (non-hydrogen) atoms. The fourth-order valence-electron chi connectivity index (χ4n) is 2.13. The van der Waals surface area contributed by atoms with E-state index < -0.39 is 0 Å². The molecule has 2 nitrogen and oxygen atoms in total. The van der Waals surface area contributed by atoms with Crippen molar-refractivity contribution in [1.29, 1.82) is 0 Å². The summed E-state index contributed by atoms with van der Waals surface area (Å²) in [7, 11) is 0. The minimum Gasteiger partial charge on any atom is -0.285 e. The Morgan fingerprint density at radius 1 is 1.29 bits per heavy atom. The predicted molar refractivity (Wildman–Crippen MR) is 72.2 cm³/mol. The topological polar surface area (TPSA) is 20.1 Å². The maximum atomic E-state index is 12.3. The van der Waals surface area contributed by atoms with Crippen LogP contribution in [0.1, 0.15) is 27.7 Å². The third kappa shape index (κ3) is 2.55. The van der Waals surface area contributed by atoms with Gasteiger partial charge in [0.25, 0.3) is 0 Å². The molecule has 0 aromatic heterocycles. The molecular weight excluding hydrogens is 230 g/mol. The first-order valence-electron chi connectivity index (χ1n) is 5.89. The standard InChI is InChI=1S/C14H19NOS/c1-13(2,3)15-10-14(15,4)12(16)17-11-8-6-5-7-9-11/h5-9H,10H2,1-4H3. The molecule has 92 valence electrons. The Bertz CT molecular complexity index is 424. The van der Waals surface area contributed by atoms with Gasteiger partial charge in [0.05, 0.1) is 0 Å². The van der Waals surface area contributed by atoms with E-state index in [1.54, 1.807) is 0 Å². The van der Waals surface area contributed by atoms with E-state index in [4.69, 9.17) is 0 Å². The van der Waals surface area contributed by atoms with Crippen LogP contribution in [0.4, 0.5) is 0 Å². The molecule has 2 unspecified atom stereocenters. The van der Waals surface area contributed by atoms with Crippen molar-refractivity contribution in [1.82, 2.24) is 4.90 Å². The largest absolute Gasteiger partial charge is 0.285 e. The van der Waals surface area contributed by atoms with Crippen molar-refractivity contribution in [2.75, 3.05) is 6.54 Å². The number of carbonyl (C=O) groups excluding carboxylic acids is 1. The molecule has 0 amide bonds. The Morgan fingerprint density at radius 3 is 2.35 bits per heavy atom. The fourth-order valence-corrected chi connectivity index (χ4v) is 3.03. The minimum absolute atomic E-state index is 0.0711. The zero-order chi connectivity index (χ0) is 12.7. The Hall–Kier alpha value is -0.800. The van der Waals surface area contributed by atoms with Crippen LogP contribution in [0.15, 0.2) is 35.2 Å². The van der Waals surface area contributed by atoms with Crippen LogP contribution in [0.3, 0.4) is 0 Å². The van der Waals surface area contributed by atoms with Crippen LogP contribution in [0, 0.1) is 0 Å². The van der Waals surface area contributed by atoms with E-state index >= 15 is 0 Å². The summed E-state index contributed by atoms with van der Waals surface area (Å²) in [5.41, 5.74) is -0.208. The summed E-state index contributed by atoms with van der Waals surface area (Å²) in [6.07, 6.45) is 0. The van der Waals surface area contributed by atoms with E-state index in [9.17, 15) is 4.79 Å². The minimum atomic E-state index is -0.279. The van der Waals surface area contributed by atoms with Gasteiger partial charge < -0.3 is 0 Å². The molecule has 1 fully saturated rings. The quantitative estimate of drug-likeness (QED) is 0.593. The third-order valence-corrected chi connectivity index (χ3v) is 4.29.